The molecule has 0 bridgehead atoms. The van der Waals surface area contributed by atoms with E-state index in [9.17, 15) is 9.59 Å². The van der Waals surface area contributed by atoms with Crippen LogP contribution in [0, 0.1) is 0 Å². The van der Waals surface area contributed by atoms with Crippen LogP contribution >= 0.6 is 0 Å². The van der Waals surface area contributed by atoms with Crippen LogP contribution in [0.3, 0.4) is 0 Å². The summed E-state index contributed by atoms with van der Waals surface area (Å²) >= 11 is 0. The molecule has 0 heterocycles. The van der Waals surface area contributed by atoms with Crippen molar-refractivity contribution in [2.24, 2.45) is 0 Å². The Labute approximate surface area is 166 Å². The second-order valence-electron chi connectivity index (χ2n) is 5.03. The van der Waals surface area contributed by atoms with Crippen LogP contribution in [-0.2, 0) is 24.7 Å². The third kappa shape index (κ3) is 33.5. The summed E-state index contributed by atoms with van der Waals surface area (Å²) in [5.74, 6) is -1.40. The molecule has 0 aromatic rings. The molecule has 24 heavy (non-hydrogen) atoms. The molecule has 8 nitrogen and oxygen atoms in total. The van der Waals surface area contributed by atoms with Crippen LogP contribution in [0.2, 0.25) is 0 Å². The van der Waals surface area contributed by atoms with Gasteiger partial charge in [-0.1, -0.05) is 58.3 Å². The third-order valence-electron chi connectivity index (χ3n) is 2.84. The zero-order valence-electron chi connectivity index (χ0n) is 13.6. The Morgan fingerprint density at radius 1 is 0.833 bits per heavy atom. The standard InChI is InChI=1S/C14H26O4.Na.H2O4S.H/c1-2-3-4-5-6-7-8-9-10-11-13(16)18-14(17)12-15;;1-5(2,3)4;/h15H,2-12H2,1H3;;(H2,1,2,3,4);. The number of hydrogen-bond acceptors (Lipinski definition) is 6. The first-order chi connectivity index (χ1) is 10.7. The first-order valence-corrected chi connectivity index (χ1v) is 9.14. The predicted octanol–water partition coefficient (Wildman–Crippen LogP) is 1.67. The molecule has 0 fully saturated rings. The van der Waals surface area contributed by atoms with E-state index < -0.39 is 28.9 Å². The van der Waals surface area contributed by atoms with Crippen LogP contribution in [0.4, 0.5) is 0 Å². The number of hydrogen-bond donors (Lipinski definition) is 3. The van der Waals surface area contributed by atoms with Gasteiger partial charge in [0.1, 0.15) is 6.61 Å². The van der Waals surface area contributed by atoms with Gasteiger partial charge >= 0.3 is 51.9 Å². The minimum absolute atomic E-state index is 0. The molecule has 0 radical (unpaired) electrons. The average Bonchev–Trinajstić information content (AvgIpc) is 2.43. The van der Waals surface area contributed by atoms with E-state index in [0.29, 0.717) is 0 Å². The van der Waals surface area contributed by atoms with Crippen molar-refractivity contribution in [2.75, 3.05) is 6.61 Å². The van der Waals surface area contributed by atoms with Crippen LogP contribution in [0.25, 0.3) is 0 Å². The molecule has 10 heteroatoms. The molecule has 0 aliphatic rings. The van der Waals surface area contributed by atoms with E-state index in [-0.39, 0.29) is 36.0 Å². The second kappa shape index (κ2) is 19.3. The van der Waals surface area contributed by atoms with Crippen molar-refractivity contribution in [1.82, 2.24) is 0 Å². The van der Waals surface area contributed by atoms with Gasteiger partial charge in [-0.15, -0.1) is 0 Å². The van der Waals surface area contributed by atoms with Gasteiger partial charge in [0.25, 0.3) is 0 Å². The molecule has 0 saturated heterocycles. The van der Waals surface area contributed by atoms with E-state index in [1.54, 1.807) is 0 Å². The van der Waals surface area contributed by atoms with Crippen molar-refractivity contribution in [2.45, 2.75) is 71.1 Å². The number of unbranched alkanes of at least 4 members (excludes halogenated alkanes) is 8. The predicted molar refractivity (Wildman–Crippen MR) is 91.4 cm³/mol. The van der Waals surface area contributed by atoms with Crippen molar-refractivity contribution in [3.63, 3.8) is 0 Å². The van der Waals surface area contributed by atoms with Crippen molar-refractivity contribution < 1.29 is 37.0 Å². The Hall–Kier alpha value is -0.0300. The summed E-state index contributed by atoms with van der Waals surface area (Å²) < 4.78 is 35.9. The van der Waals surface area contributed by atoms with E-state index in [1.807, 2.05) is 0 Å². The molecule has 0 aromatic carbocycles. The monoisotopic (exact) mass is 380 g/mol. The Balaban J connectivity index is -0.000000639. The summed E-state index contributed by atoms with van der Waals surface area (Å²) in [6.45, 7) is 1.48. The molecule has 0 aliphatic heterocycles. The Morgan fingerprint density at radius 3 is 1.58 bits per heavy atom. The maximum atomic E-state index is 11.1. The Morgan fingerprint density at radius 2 is 1.21 bits per heavy atom. The molecule has 0 unspecified atom stereocenters. The number of carbonyl (C=O) groups excluding carboxylic acids is 2. The average molecular weight is 380 g/mol. The van der Waals surface area contributed by atoms with Crippen LogP contribution < -0.4 is 0 Å². The number of rotatable bonds is 11. The van der Waals surface area contributed by atoms with Gasteiger partial charge in [-0.3, -0.25) is 13.9 Å². The van der Waals surface area contributed by atoms with Gasteiger partial charge in [0.15, 0.2) is 0 Å². The van der Waals surface area contributed by atoms with E-state index in [1.165, 1.54) is 38.5 Å². The quantitative estimate of drug-likeness (QED) is 0.162. The number of carbonyl (C=O) groups is 2. The van der Waals surface area contributed by atoms with Gasteiger partial charge in [0.2, 0.25) is 0 Å². The third-order valence-corrected chi connectivity index (χ3v) is 2.84. The van der Waals surface area contributed by atoms with Crippen LogP contribution in [0.5, 0.6) is 0 Å². The van der Waals surface area contributed by atoms with Crippen molar-refractivity contribution in [3.8, 4) is 0 Å². The van der Waals surface area contributed by atoms with E-state index >= 15 is 0 Å². The summed E-state index contributed by atoms with van der Waals surface area (Å²) in [6.07, 6.45) is 10.9. The maximum absolute atomic E-state index is 11.1. The number of aliphatic hydroxyl groups is 1. The molecule has 0 rings (SSSR count). The van der Waals surface area contributed by atoms with Crippen LogP contribution in [0.15, 0.2) is 0 Å². The van der Waals surface area contributed by atoms with Gasteiger partial charge in [0, 0.05) is 6.42 Å². The first-order valence-electron chi connectivity index (χ1n) is 7.75. The number of aliphatic hydroxyl groups excluding tert-OH is 1. The SMILES string of the molecule is CCCCCCCCCCCC(=O)OC(=O)CO.O=S(=O)(O)O.[NaH]. The molecule has 0 atom stereocenters. The van der Waals surface area contributed by atoms with Gasteiger partial charge < -0.3 is 9.84 Å². The fourth-order valence-electron chi connectivity index (χ4n) is 1.79. The molecule has 0 aromatic heterocycles. The molecule has 3 N–H and O–H groups in total. The summed E-state index contributed by atoms with van der Waals surface area (Å²) in [5.41, 5.74) is 0. The molecule has 0 spiro atoms. The van der Waals surface area contributed by atoms with Crippen LogP contribution in [-0.4, -0.2) is 70.7 Å². The zero-order valence-corrected chi connectivity index (χ0v) is 14.4. The zero-order chi connectivity index (χ0) is 18.1. The summed E-state index contributed by atoms with van der Waals surface area (Å²) in [7, 11) is -4.67. The van der Waals surface area contributed by atoms with Crippen LogP contribution in [0.1, 0.15) is 71.1 Å². The summed E-state index contributed by atoms with van der Waals surface area (Å²) in [4.78, 5) is 21.7. The summed E-state index contributed by atoms with van der Waals surface area (Å²) in [6, 6.07) is 0. The first kappa shape index (κ1) is 28.8. The minimum atomic E-state index is -4.67. The van der Waals surface area contributed by atoms with Crippen molar-refractivity contribution in [1.29, 1.82) is 0 Å². The topological polar surface area (TPSA) is 138 Å². The second-order valence-corrected chi connectivity index (χ2v) is 5.93. The normalized spacial score (nSPS) is 10.2. The van der Waals surface area contributed by atoms with Gasteiger partial charge in [-0.2, -0.15) is 8.42 Å². The fraction of sp³-hybridized carbons (Fsp3) is 0.857. The Kier molecular flexibility index (Phi) is 23.1. The van der Waals surface area contributed by atoms with Crippen molar-refractivity contribution >= 4 is 51.9 Å². The van der Waals surface area contributed by atoms with E-state index in [0.717, 1.165) is 19.3 Å². The van der Waals surface area contributed by atoms with Gasteiger partial charge in [-0.25, -0.2) is 4.79 Å². The number of ether oxygens (including phenoxy) is 1. The molecular formula is C14H29NaO8S. The molecule has 140 valence electrons. The van der Waals surface area contributed by atoms with Crippen molar-refractivity contribution in [3.05, 3.63) is 0 Å². The van der Waals surface area contributed by atoms with E-state index in [4.69, 9.17) is 22.6 Å². The molecular weight excluding hydrogens is 351 g/mol. The van der Waals surface area contributed by atoms with E-state index in [2.05, 4.69) is 11.7 Å². The fourth-order valence-corrected chi connectivity index (χ4v) is 1.79. The Bertz CT molecular complexity index is 403. The molecule has 0 saturated carbocycles. The van der Waals surface area contributed by atoms with Gasteiger partial charge in [-0.05, 0) is 6.42 Å². The summed E-state index contributed by atoms with van der Waals surface area (Å²) in [5, 5.41) is 8.39. The molecule has 0 aliphatic carbocycles. The molecule has 0 amide bonds. The number of esters is 2. The van der Waals surface area contributed by atoms with Gasteiger partial charge in [0.05, 0.1) is 0 Å².